The van der Waals surface area contributed by atoms with E-state index < -0.39 is 5.82 Å². The summed E-state index contributed by atoms with van der Waals surface area (Å²) >= 11 is 3.22. The number of nitrogens with zero attached hydrogens (tertiary/aromatic N) is 2. The number of aromatic nitrogens is 2. The van der Waals surface area contributed by atoms with Gasteiger partial charge in [-0.3, -0.25) is 4.68 Å². The van der Waals surface area contributed by atoms with E-state index in [2.05, 4.69) is 26.3 Å². The zero-order valence-electron chi connectivity index (χ0n) is 9.03. The lowest BCUT2D eigenvalue weighted by Gasteiger charge is -2.10. The van der Waals surface area contributed by atoms with Gasteiger partial charge in [0, 0.05) is 23.4 Å². The molecule has 90 valence electrons. The van der Waals surface area contributed by atoms with Crippen molar-refractivity contribution >= 4 is 27.3 Å². The van der Waals surface area contributed by atoms with Crippen LogP contribution < -0.4 is 11.1 Å². The Morgan fingerprint density at radius 1 is 1.47 bits per heavy atom. The Balaban J connectivity index is 1.99. The third-order valence-corrected chi connectivity index (χ3v) is 2.77. The molecule has 0 aliphatic rings. The highest BCUT2D eigenvalue weighted by atomic mass is 79.9. The fraction of sp³-hybridized carbons (Fsp3) is 0.182. The van der Waals surface area contributed by atoms with Crippen LogP contribution in [0.3, 0.4) is 0 Å². The molecule has 0 saturated heterocycles. The van der Waals surface area contributed by atoms with E-state index in [0.717, 1.165) is 0 Å². The van der Waals surface area contributed by atoms with Crippen LogP contribution in [0.15, 0.2) is 35.1 Å². The van der Waals surface area contributed by atoms with E-state index in [1.165, 1.54) is 6.07 Å². The minimum Gasteiger partial charge on any atom is -0.395 e. The molecule has 0 atom stereocenters. The first-order valence-corrected chi connectivity index (χ1v) is 5.92. The van der Waals surface area contributed by atoms with Crippen molar-refractivity contribution in [2.45, 2.75) is 6.54 Å². The summed E-state index contributed by atoms with van der Waals surface area (Å²) in [5, 5.41) is 7.14. The summed E-state index contributed by atoms with van der Waals surface area (Å²) < 4.78 is 15.8. The lowest BCUT2D eigenvalue weighted by atomic mass is 10.2. The van der Waals surface area contributed by atoms with E-state index in [1.54, 1.807) is 16.9 Å². The second-order valence-corrected chi connectivity index (χ2v) is 4.46. The molecule has 1 aromatic carbocycles. The fourth-order valence-electron chi connectivity index (χ4n) is 1.47. The maximum Gasteiger partial charge on any atom is 0.149 e. The van der Waals surface area contributed by atoms with Crippen LogP contribution in [-0.2, 0) is 6.54 Å². The molecule has 0 radical (unpaired) electrons. The molecule has 0 saturated carbocycles. The Kier molecular flexibility index (Phi) is 3.63. The highest BCUT2D eigenvalue weighted by Gasteiger charge is 2.06. The molecule has 1 heterocycles. The van der Waals surface area contributed by atoms with Crippen LogP contribution in [0.4, 0.5) is 15.8 Å². The third kappa shape index (κ3) is 2.97. The van der Waals surface area contributed by atoms with Crippen LogP contribution in [-0.4, -0.2) is 16.3 Å². The van der Waals surface area contributed by atoms with Gasteiger partial charge in [-0.1, -0.05) is 15.9 Å². The van der Waals surface area contributed by atoms with E-state index in [1.807, 2.05) is 12.3 Å². The second kappa shape index (κ2) is 5.18. The molecule has 3 N–H and O–H groups in total. The summed E-state index contributed by atoms with van der Waals surface area (Å²) in [4.78, 5) is 0. The zero-order chi connectivity index (χ0) is 12.3. The Morgan fingerprint density at radius 2 is 2.29 bits per heavy atom. The highest BCUT2D eigenvalue weighted by Crippen LogP contribution is 2.26. The standard InChI is InChI=1S/C11H12BrFN4/c12-8-6-9(13)11(14)10(7-8)15-3-5-17-4-1-2-16-17/h1-2,4,6-7,15H,3,5,14H2. The summed E-state index contributed by atoms with van der Waals surface area (Å²) in [6.45, 7) is 1.32. The topological polar surface area (TPSA) is 55.9 Å². The molecule has 2 rings (SSSR count). The Morgan fingerprint density at radius 3 is 3.00 bits per heavy atom. The molecule has 6 heteroatoms. The number of halogens is 2. The molecule has 0 unspecified atom stereocenters. The van der Waals surface area contributed by atoms with Crippen LogP contribution in [0.5, 0.6) is 0 Å². The van der Waals surface area contributed by atoms with E-state index in [-0.39, 0.29) is 5.69 Å². The van der Waals surface area contributed by atoms with Crippen LogP contribution in [0.1, 0.15) is 0 Å². The number of nitrogens with one attached hydrogen (secondary N) is 1. The van der Waals surface area contributed by atoms with Crippen molar-refractivity contribution in [1.82, 2.24) is 9.78 Å². The maximum absolute atomic E-state index is 13.3. The van der Waals surface area contributed by atoms with E-state index >= 15 is 0 Å². The van der Waals surface area contributed by atoms with E-state index in [0.29, 0.717) is 23.2 Å². The molecule has 0 spiro atoms. The van der Waals surface area contributed by atoms with Gasteiger partial charge in [0.1, 0.15) is 5.82 Å². The molecule has 1 aromatic heterocycles. The Hall–Kier alpha value is -1.56. The van der Waals surface area contributed by atoms with Crippen molar-refractivity contribution in [3.63, 3.8) is 0 Å². The van der Waals surface area contributed by atoms with Crippen LogP contribution >= 0.6 is 15.9 Å². The van der Waals surface area contributed by atoms with Crippen molar-refractivity contribution in [3.05, 3.63) is 40.9 Å². The molecule has 0 aliphatic heterocycles. The zero-order valence-corrected chi connectivity index (χ0v) is 10.6. The van der Waals surface area contributed by atoms with E-state index in [4.69, 9.17) is 5.73 Å². The molecular weight excluding hydrogens is 287 g/mol. The largest absolute Gasteiger partial charge is 0.395 e. The predicted octanol–water partition coefficient (Wildman–Crippen LogP) is 2.48. The summed E-state index contributed by atoms with van der Waals surface area (Å²) in [5.74, 6) is -0.430. The monoisotopic (exact) mass is 298 g/mol. The normalized spacial score (nSPS) is 10.5. The molecule has 0 bridgehead atoms. The lowest BCUT2D eigenvalue weighted by molar-refractivity contribution is 0.629. The molecule has 0 amide bonds. The third-order valence-electron chi connectivity index (χ3n) is 2.31. The van der Waals surface area contributed by atoms with Crippen LogP contribution in [0.2, 0.25) is 0 Å². The van der Waals surface area contributed by atoms with Crippen molar-refractivity contribution in [1.29, 1.82) is 0 Å². The summed E-state index contributed by atoms with van der Waals surface area (Å²) in [7, 11) is 0. The maximum atomic E-state index is 13.3. The van der Waals surface area contributed by atoms with Gasteiger partial charge in [0.05, 0.1) is 17.9 Å². The lowest BCUT2D eigenvalue weighted by Crippen LogP contribution is -2.12. The van der Waals surface area contributed by atoms with Gasteiger partial charge in [-0.25, -0.2) is 4.39 Å². The molecular formula is C11H12BrFN4. The van der Waals surface area contributed by atoms with E-state index in [9.17, 15) is 4.39 Å². The van der Waals surface area contributed by atoms with Gasteiger partial charge in [0.2, 0.25) is 0 Å². The number of nitrogen functional groups attached to an aromatic ring is 1. The number of hydrogen-bond donors (Lipinski definition) is 2. The second-order valence-electron chi connectivity index (χ2n) is 3.54. The summed E-state index contributed by atoms with van der Waals surface area (Å²) in [5.41, 5.74) is 6.35. The molecule has 0 aliphatic carbocycles. The molecule has 17 heavy (non-hydrogen) atoms. The van der Waals surface area contributed by atoms with Crippen molar-refractivity contribution in [3.8, 4) is 0 Å². The Labute approximate surface area is 107 Å². The first-order valence-electron chi connectivity index (χ1n) is 5.12. The Bertz CT molecular complexity index is 498. The van der Waals surface area contributed by atoms with Crippen molar-refractivity contribution in [2.75, 3.05) is 17.6 Å². The molecule has 0 fully saturated rings. The number of hydrogen-bond acceptors (Lipinski definition) is 3. The summed E-state index contributed by atoms with van der Waals surface area (Å²) in [6, 6.07) is 4.95. The first-order chi connectivity index (χ1) is 8.16. The highest BCUT2D eigenvalue weighted by molar-refractivity contribution is 9.10. The average molecular weight is 299 g/mol. The smallest absolute Gasteiger partial charge is 0.149 e. The van der Waals surface area contributed by atoms with Gasteiger partial charge in [0.25, 0.3) is 0 Å². The van der Waals surface area contributed by atoms with Gasteiger partial charge in [-0.05, 0) is 18.2 Å². The average Bonchev–Trinajstić information content (AvgIpc) is 2.78. The minimum atomic E-state index is -0.430. The number of nitrogens with two attached hydrogens (primary N) is 1. The van der Waals surface area contributed by atoms with Gasteiger partial charge >= 0.3 is 0 Å². The quantitative estimate of drug-likeness (QED) is 0.853. The fourth-order valence-corrected chi connectivity index (χ4v) is 1.90. The van der Waals surface area contributed by atoms with Gasteiger partial charge < -0.3 is 11.1 Å². The van der Waals surface area contributed by atoms with Gasteiger partial charge in [-0.2, -0.15) is 5.10 Å². The van der Waals surface area contributed by atoms with Crippen LogP contribution in [0.25, 0.3) is 0 Å². The van der Waals surface area contributed by atoms with Gasteiger partial charge in [0.15, 0.2) is 0 Å². The predicted molar refractivity (Wildman–Crippen MR) is 69.2 cm³/mol. The number of anilines is 2. The van der Waals surface area contributed by atoms with Crippen molar-refractivity contribution < 1.29 is 4.39 Å². The number of benzene rings is 1. The molecule has 4 nitrogen and oxygen atoms in total. The SMILES string of the molecule is Nc1c(F)cc(Br)cc1NCCn1cccn1. The number of rotatable bonds is 4. The first kappa shape index (κ1) is 11.9. The minimum absolute atomic E-state index is 0.133. The molecule has 2 aromatic rings. The van der Waals surface area contributed by atoms with Gasteiger partial charge in [-0.15, -0.1) is 0 Å². The van der Waals surface area contributed by atoms with Crippen molar-refractivity contribution in [2.24, 2.45) is 0 Å². The summed E-state index contributed by atoms with van der Waals surface area (Å²) in [6.07, 6.45) is 3.58. The van der Waals surface area contributed by atoms with Crippen LogP contribution in [0, 0.1) is 5.82 Å².